The van der Waals surface area contributed by atoms with E-state index in [1.165, 1.54) is 11.1 Å². The number of nitroso groups, excluding NO2 is 1. The maximum absolute atomic E-state index is 11.0. The van der Waals surface area contributed by atoms with Crippen LogP contribution in [0.25, 0.3) is 0 Å². The Kier molecular flexibility index (Phi) is 6.07. The summed E-state index contributed by atoms with van der Waals surface area (Å²) in [5, 5.41) is 3.25. The summed E-state index contributed by atoms with van der Waals surface area (Å²) in [7, 11) is 0. The highest BCUT2D eigenvalue weighted by Crippen LogP contribution is 2.32. The zero-order valence-electron chi connectivity index (χ0n) is 11.7. The molecule has 0 heterocycles. The van der Waals surface area contributed by atoms with Crippen LogP contribution in [0.1, 0.15) is 59.3 Å². The van der Waals surface area contributed by atoms with Crippen molar-refractivity contribution in [2.75, 3.05) is 0 Å². The van der Waals surface area contributed by atoms with Crippen LogP contribution in [0, 0.1) is 4.91 Å². The number of hydrogen-bond donors (Lipinski definition) is 0. The Morgan fingerprint density at radius 3 is 2.50 bits per heavy atom. The number of halogens is 1. The lowest BCUT2D eigenvalue weighted by Crippen LogP contribution is -2.32. The van der Waals surface area contributed by atoms with E-state index in [0.29, 0.717) is 0 Å². The Balaban J connectivity index is 2.82. The molecule has 0 saturated heterocycles. The molecule has 2 nitrogen and oxygen atoms in total. The molecule has 2 atom stereocenters. The van der Waals surface area contributed by atoms with Crippen LogP contribution in [0.3, 0.4) is 0 Å². The van der Waals surface area contributed by atoms with Gasteiger partial charge in [-0.25, -0.2) is 0 Å². The maximum atomic E-state index is 11.0. The SMILES string of the molecule is CC1=CCCC(N=O)C(C)(Cl)CCC(C)=CCC1. The van der Waals surface area contributed by atoms with Gasteiger partial charge in [0, 0.05) is 0 Å². The predicted octanol–water partition coefficient (Wildman–Crippen LogP) is 5.37. The molecular weight excluding hydrogens is 246 g/mol. The van der Waals surface area contributed by atoms with Crippen LogP contribution in [0.5, 0.6) is 0 Å². The summed E-state index contributed by atoms with van der Waals surface area (Å²) in [6.07, 6.45) is 10.1. The highest BCUT2D eigenvalue weighted by atomic mass is 35.5. The highest BCUT2D eigenvalue weighted by molar-refractivity contribution is 6.24. The lowest BCUT2D eigenvalue weighted by atomic mass is 9.90. The molecule has 1 aliphatic rings. The molecule has 0 fully saturated rings. The number of allylic oxidation sites excluding steroid dienone is 4. The van der Waals surface area contributed by atoms with Crippen molar-refractivity contribution in [1.82, 2.24) is 0 Å². The van der Waals surface area contributed by atoms with Gasteiger partial charge in [0.1, 0.15) is 6.04 Å². The lowest BCUT2D eigenvalue weighted by Gasteiger charge is -2.27. The molecule has 3 heteroatoms. The first kappa shape index (κ1) is 15.4. The number of hydrogen-bond acceptors (Lipinski definition) is 2. The summed E-state index contributed by atoms with van der Waals surface area (Å²) in [6.45, 7) is 6.23. The fourth-order valence-corrected chi connectivity index (χ4v) is 2.55. The van der Waals surface area contributed by atoms with E-state index in [4.69, 9.17) is 11.6 Å². The Morgan fingerprint density at radius 2 is 1.83 bits per heavy atom. The van der Waals surface area contributed by atoms with E-state index in [0.717, 1.165) is 38.5 Å². The van der Waals surface area contributed by atoms with Crippen LogP contribution in [0.2, 0.25) is 0 Å². The highest BCUT2D eigenvalue weighted by Gasteiger charge is 2.32. The van der Waals surface area contributed by atoms with E-state index in [1.54, 1.807) is 0 Å². The van der Waals surface area contributed by atoms with Gasteiger partial charge < -0.3 is 0 Å². The first-order chi connectivity index (χ1) is 8.45. The topological polar surface area (TPSA) is 29.4 Å². The number of rotatable bonds is 1. The molecule has 0 amide bonds. The molecule has 2 unspecified atom stereocenters. The molecule has 18 heavy (non-hydrogen) atoms. The minimum atomic E-state index is -0.516. The van der Waals surface area contributed by atoms with E-state index in [9.17, 15) is 4.91 Å². The maximum Gasteiger partial charge on any atom is 0.111 e. The van der Waals surface area contributed by atoms with Crippen LogP contribution in [0.15, 0.2) is 28.5 Å². The largest absolute Gasteiger partial charge is 0.150 e. The molecule has 1 aliphatic carbocycles. The monoisotopic (exact) mass is 269 g/mol. The Hall–Kier alpha value is -0.630. The summed E-state index contributed by atoms with van der Waals surface area (Å²) >= 11 is 6.50. The molecular formula is C15H24ClNO. The molecule has 0 spiro atoms. The fraction of sp³-hybridized carbons (Fsp3) is 0.733. The number of nitrogens with zero attached hydrogens (tertiary/aromatic N) is 1. The molecule has 0 aliphatic heterocycles. The van der Waals surface area contributed by atoms with Gasteiger partial charge in [-0.1, -0.05) is 28.5 Å². The Labute approximate surface area is 115 Å². The molecule has 0 bridgehead atoms. The molecule has 102 valence electrons. The van der Waals surface area contributed by atoms with Crippen molar-refractivity contribution in [2.45, 2.75) is 70.2 Å². The zero-order valence-corrected chi connectivity index (χ0v) is 12.5. The standard InChI is InChI=1S/C15H24ClNO/c1-12-6-4-7-13(2)10-11-15(3,16)14(17-18)9-5-8-12/h7-8,14H,4-6,9-11H2,1-3H3. The minimum Gasteiger partial charge on any atom is -0.150 e. The third-order valence-electron chi connectivity index (χ3n) is 3.79. The zero-order chi connectivity index (χ0) is 13.6. The van der Waals surface area contributed by atoms with Crippen molar-refractivity contribution in [2.24, 2.45) is 5.18 Å². The van der Waals surface area contributed by atoms with Crippen LogP contribution < -0.4 is 0 Å². The second kappa shape index (κ2) is 7.08. The van der Waals surface area contributed by atoms with Gasteiger partial charge >= 0.3 is 0 Å². The molecule has 0 aromatic carbocycles. The van der Waals surface area contributed by atoms with Crippen LogP contribution in [-0.2, 0) is 0 Å². The van der Waals surface area contributed by atoms with E-state index in [2.05, 4.69) is 31.2 Å². The smallest absolute Gasteiger partial charge is 0.111 e. The summed E-state index contributed by atoms with van der Waals surface area (Å²) in [5.74, 6) is 0. The predicted molar refractivity (Wildman–Crippen MR) is 79.1 cm³/mol. The Morgan fingerprint density at radius 1 is 1.22 bits per heavy atom. The average molecular weight is 270 g/mol. The van der Waals surface area contributed by atoms with Crippen molar-refractivity contribution >= 4 is 11.6 Å². The van der Waals surface area contributed by atoms with E-state index in [-0.39, 0.29) is 6.04 Å². The summed E-state index contributed by atoms with van der Waals surface area (Å²) in [5.41, 5.74) is 2.75. The first-order valence-corrected chi connectivity index (χ1v) is 7.16. The van der Waals surface area contributed by atoms with Gasteiger partial charge in [0.2, 0.25) is 0 Å². The molecule has 0 saturated carbocycles. The second-order valence-electron chi connectivity index (χ2n) is 5.62. The molecule has 0 N–H and O–H groups in total. The molecule has 1 rings (SSSR count). The summed E-state index contributed by atoms with van der Waals surface area (Å²) < 4.78 is 0. The van der Waals surface area contributed by atoms with Crippen LogP contribution in [0.4, 0.5) is 0 Å². The minimum absolute atomic E-state index is 0.296. The van der Waals surface area contributed by atoms with E-state index < -0.39 is 4.87 Å². The lowest BCUT2D eigenvalue weighted by molar-refractivity contribution is 0.439. The van der Waals surface area contributed by atoms with Gasteiger partial charge in [-0.05, 0) is 59.3 Å². The van der Waals surface area contributed by atoms with Gasteiger partial charge in [-0.3, -0.25) is 0 Å². The van der Waals surface area contributed by atoms with E-state index in [1.807, 2.05) is 6.92 Å². The van der Waals surface area contributed by atoms with Crippen LogP contribution >= 0.6 is 11.6 Å². The van der Waals surface area contributed by atoms with Crippen LogP contribution in [-0.4, -0.2) is 10.9 Å². The van der Waals surface area contributed by atoms with Crippen molar-refractivity contribution in [1.29, 1.82) is 0 Å². The Bertz CT molecular complexity index is 344. The number of alkyl halides is 1. The summed E-state index contributed by atoms with van der Waals surface area (Å²) in [6, 6.07) is -0.296. The molecule has 0 radical (unpaired) electrons. The fourth-order valence-electron chi connectivity index (χ4n) is 2.31. The molecule has 0 aromatic heterocycles. The van der Waals surface area contributed by atoms with Gasteiger partial charge in [0.05, 0.1) is 4.87 Å². The van der Waals surface area contributed by atoms with Gasteiger partial charge in [0.25, 0.3) is 0 Å². The van der Waals surface area contributed by atoms with Gasteiger partial charge in [0.15, 0.2) is 0 Å². The third-order valence-corrected chi connectivity index (χ3v) is 4.24. The quantitative estimate of drug-likeness (QED) is 0.358. The normalized spacial score (nSPS) is 31.7. The van der Waals surface area contributed by atoms with E-state index >= 15 is 0 Å². The second-order valence-corrected chi connectivity index (χ2v) is 6.48. The average Bonchev–Trinajstić information content (AvgIpc) is 2.31. The van der Waals surface area contributed by atoms with Gasteiger partial charge in [-0.15, -0.1) is 11.6 Å². The summed E-state index contributed by atoms with van der Waals surface area (Å²) in [4.78, 5) is 10.5. The first-order valence-electron chi connectivity index (χ1n) is 6.78. The molecule has 0 aromatic rings. The van der Waals surface area contributed by atoms with Crippen molar-refractivity contribution < 1.29 is 0 Å². The van der Waals surface area contributed by atoms with Gasteiger partial charge in [-0.2, -0.15) is 4.91 Å². The van der Waals surface area contributed by atoms with Crippen molar-refractivity contribution in [3.05, 3.63) is 28.2 Å². The van der Waals surface area contributed by atoms with Crippen molar-refractivity contribution in [3.63, 3.8) is 0 Å². The van der Waals surface area contributed by atoms with Crippen molar-refractivity contribution in [3.8, 4) is 0 Å². The third kappa shape index (κ3) is 4.93.